The number of benzene rings is 1. The molecule has 92 valence electrons. The van der Waals surface area contributed by atoms with Gasteiger partial charge in [-0.25, -0.2) is 4.39 Å². The van der Waals surface area contributed by atoms with Crippen molar-refractivity contribution in [2.24, 2.45) is 5.92 Å². The number of hydrogen-bond acceptors (Lipinski definition) is 1. The largest absolute Gasteiger partial charge is 0.312 e. The molecule has 1 aromatic rings. The van der Waals surface area contributed by atoms with Crippen molar-refractivity contribution < 1.29 is 9.18 Å². The van der Waals surface area contributed by atoms with Crippen LogP contribution in [0.4, 0.5) is 10.1 Å². The van der Waals surface area contributed by atoms with Crippen molar-refractivity contribution in [2.75, 3.05) is 17.3 Å². The third-order valence-corrected chi connectivity index (χ3v) is 3.53. The molecule has 0 saturated carbocycles. The van der Waals surface area contributed by atoms with Gasteiger partial charge in [0.2, 0.25) is 5.91 Å². The van der Waals surface area contributed by atoms with Crippen LogP contribution in [0.25, 0.3) is 0 Å². The van der Waals surface area contributed by atoms with Crippen LogP contribution in [0.15, 0.2) is 18.2 Å². The summed E-state index contributed by atoms with van der Waals surface area (Å²) >= 11 is 5.77. The predicted molar refractivity (Wildman–Crippen MR) is 67.0 cm³/mol. The van der Waals surface area contributed by atoms with E-state index in [1.165, 1.54) is 12.1 Å². The molecule has 0 saturated heterocycles. The summed E-state index contributed by atoms with van der Waals surface area (Å²) in [5.41, 5.74) is 1.74. The molecule has 0 aromatic heterocycles. The Bertz CT molecular complexity index is 435. The number of halogens is 2. The van der Waals surface area contributed by atoms with Crippen molar-refractivity contribution in [3.8, 4) is 0 Å². The van der Waals surface area contributed by atoms with Gasteiger partial charge >= 0.3 is 0 Å². The number of nitrogens with zero attached hydrogens (tertiary/aromatic N) is 1. The number of rotatable bonds is 3. The van der Waals surface area contributed by atoms with Gasteiger partial charge in [0.15, 0.2) is 0 Å². The zero-order valence-corrected chi connectivity index (χ0v) is 10.5. The van der Waals surface area contributed by atoms with Crippen LogP contribution in [0.5, 0.6) is 0 Å². The maximum absolute atomic E-state index is 13.1. The summed E-state index contributed by atoms with van der Waals surface area (Å²) in [6.07, 6.45) is 1.07. The van der Waals surface area contributed by atoms with Crippen LogP contribution < -0.4 is 4.90 Å². The van der Waals surface area contributed by atoms with Crippen molar-refractivity contribution in [3.63, 3.8) is 0 Å². The molecule has 1 aliphatic rings. The maximum Gasteiger partial charge on any atom is 0.227 e. The Hall–Kier alpha value is -1.09. The Morgan fingerprint density at radius 3 is 2.94 bits per heavy atom. The molecular formula is C13H15ClFNO. The molecule has 17 heavy (non-hydrogen) atoms. The molecule has 1 atom stereocenters. The van der Waals surface area contributed by atoms with Crippen molar-refractivity contribution >= 4 is 23.2 Å². The number of hydrogen-bond donors (Lipinski definition) is 0. The highest BCUT2D eigenvalue weighted by atomic mass is 35.5. The minimum absolute atomic E-state index is 0.0982. The lowest BCUT2D eigenvalue weighted by molar-refractivity contribution is -0.119. The van der Waals surface area contributed by atoms with Gasteiger partial charge < -0.3 is 4.90 Å². The van der Waals surface area contributed by atoms with E-state index in [1.807, 2.05) is 6.92 Å². The molecule has 0 N–H and O–H groups in total. The molecule has 1 heterocycles. The number of anilines is 1. The number of carbonyl (C=O) groups is 1. The van der Waals surface area contributed by atoms with Crippen LogP contribution in [0.1, 0.15) is 18.9 Å². The average molecular weight is 256 g/mol. The van der Waals surface area contributed by atoms with Crippen molar-refractivity contribution in [1.29, 1.82) is 0 Å². The van der Waals surface area contributed by atoms with Crippen LogP contribution >= 0.6 is 11.6 Å². The predicted octanol–water partition coefficient (Wildman–Crippen LogP) is 2.98. The number of alkyl halides is 1. The van der Waals surface area contributed by atoms with Gasteiger partial charge in [-0.15, -0.1) is 11.6 Å². The Morgan fingerprint density at radius 1 is 1.47 bits per heavy atom. The highest BCUT2D eigenvalue weighted by Gasteiger charge is 2.25. The third-order valence-electron chi connectivity index (χ3n) is 3.00. The fourth-order valence-electron chi connectivity index (χ4n) is 2.09. The van der Waals surface area contributed by atoms with Crippen LogP contribution in [0.2, 0.25) is 0 Å². The summed E-state index contributed by atoms with van der Waals surface area (Å²) in [4.78, 5) is 13.6. The van der Waals surface area contributed by atoms with Gasteiger partial charge in [0.25, 0.3) is 0 Å². The Balaban J connectivity index is 2.30. The summed E-state index contributed by atoms with van der Waals surface area (Å²) in [5.74, 6) is 0.599. The van der Waals surface area contributed by atoms with Gasteiger partial charge in [0.05, 0.1) is 0 Å². The van der Waals surface area contributed by atoms with E-state index in [4.69, 9.17) is 11.6 Å². The quantitative estimate of drug-likeness (QED) is 0.761. The fraction of sp³-hybridized carbons (Fsp3) is 0.462. The van der Waals surface area contributed by atoms with Gasteiger partial charge in [-0.2, -0.15) is 0 Å². The number of carbonyl (C=O) groups excluding carboxylic acids is 1. The van der Waals surface area contributed by atoms with E-state index >= 15 is 0 Å². The summed E-state index contributed by atoms with van der Waals surface area (Å²) in [6, 6.07) is 4.60. The van der Waals surface area contributed by atoms with Gasteiger partial charge in [-0.1, -0.05) is 6.92 Å². The first-order valence-corrected chi connectivity index (χ1v) is 6.30. The molecule has 1 aromatic carbocycles. The SMILES string of the molecule is C[C@@H](CCl)CN1C(=O)CCc2cc(F)ccc21. The monoisotopic (exact) mass is 255 g/mol. The highest BCUT2D eigenvalue weighted by Crippen LogP contribution is 2.29. The molecule has 0 unspecified atom stereocenters. The summed E-state index contributed by atoms with van der Waals surface area (Å²) in [7, 11) is 0. The van der Waals surface area contributed by atoms with Gasteiger partial charge in [-0.05, 0) is 36.1 Å². The van der Waals surface area contributed by atoms with Crippen LogP contribution in [0.3, 0.4) is 0 Å². The number of amides is 1. The lowest BCUT2D eigenvalue weighted by Crippen LogP contribution is -2.38. The fourth-order valence-corrected chi connectivity index (χ4v) is 2.19. The lowest BCUT2D eigenvalue weighted by atomic mass is 10.00. The lowest BCUT2D eigenvalue weighted by Gasteiger charge is -2.31. The van der Waals surface area contributed by atoms with E-state index in [1.54, 1.807) is 11.0 Å². The van der Waals surface area contributed by atoms with Crippen molar-refractivity contribution in [3.05, 3.63) is 29.6 Å². The molecule has 0 aliphatic carbocycles. The highest BCUT2D eigenvalue weighted by molar-refractivity contribution is 6.18. The van der Waals surface area contributed by atoms with E-state index in [9.17, 15) is 9.18 Å². The van der Waals surface area contributed by atoms with Gasteiger partial charge in [0, 0.05) is 24.5 Å². The first-order valence-electron chi connectivity index (χ1n) is 5.76. The van der Waals surface area contributed by atoms with Crippen molar-refractivity contribution in [1.82, 2.24) is 0 Å². The Kier molecular flexibility index (Phi) is 3.67. The molecule has 0 bridgehead atoms. The molecule has 4 heteroatoms. The van der Waals surface area contributed by atoms with Gasteiger partial charge in [0.1, 0.15) is 5.82 Å². The molecule has 0 spiro atoms. The molecular weight excluding hydrogens is 241 g/mol. The van der Waals surface area contributed by atoms with Crippen LogP contribution in [0, 0.1) is 11.7 Å². The molecule has 1 aliphatic heterocycles. The number of aryl methyl sites for hydroxylation is 1. The second-order valence-corrected chi connectivity index (χ2v) is 4.85. The summed E-state index contributed by atoms with van der Waals surface area (Å²) in [6.45, 7) is 2.60. The van der Waals surface area contributed by atoms with E-state index in [-0.39, 0.29) is 17.6 Å². The number of fused-ring (bicyclic) bond motifs is 1. The molecule has 2 nitrogen and oxygen atoms in total. The first kappa shape index (κ1) is 12.4. The minimum atomic E-state index is -0.247. The second-order valence-electron chi connectivity index (χ2n) is 4.54. The molecule has 2 rings (SSSR count). The topological polar surface area (TPSA) is 20.3 Å². The molecule has 1 amide bonds. The van der Waals surface area contributed by atoms with E-state index in [0.717, 1.165) is 11.3 Å². The Morgan fingerprint density at radius 2 is 2.24 bits per heavy atom. The summed E-state index contributed by atoms with van der Waals surface area (Å²) < 4.78 is 13.1. The van der Waals surface area contributed by atoms with Gasteiger partial charge in [-0.3, -0.25) is 4.79 Å². The summed E-state index contributed by atoms with van der Waals surface area (Å²) in [5, 5.41) is 0. The van der Waals surface area contributed by atoms with E-state index < -0.39 is 0 Å². The Labute approximate surface area is 105 Å². The first-order chi connectivity index (χ1) is 8.11. The van der Waals surface area contributed by atoms with E-state index in [2.05, 4.69) is 0 Å². The maximum atomic E-state index is 13.1. The molecule has 0 radical (unpaired) electrons. The zero-order valence-electron chi connectivity index (χ0n) is 9.75. The third kappa shape index (κ3) is 2.60. The normalized spacial score (nSPS) is 16.9. The van der Waals surface area contributed by atoms with E-state index in [0.29, 0.717) is 25.3 Å². The average Bonchev–Trinajstić information content (AvgIpc) is 2.32. The standard InChI is InChI=1S/C13H15ClFNO/c1-9(7-14)8-16-12-4-3-11(15)6-10(12)2-5-13(16)17/h3-4,6,9H,2,5,7-8H2,1H3/t9-/m0/s1. The zero-order chi connectivity index (χ0) is 12.4. The van der Waals surface area contributed by atoms with Crippen LogP contribution in [-0.2, 0) is 11.2 Å². The second kappa shape index (κ2) is 5.05. The van der Waals surface area contributed by atoms with Crippen molar-refractivity contribution in [2.45, 2.75) is 19.8 Å². The smallest absolute Gasteiger partial charge is 0.227 e. The minimum Gasteiger partial charge on any atom is -0.312 e. The molecule has 0 fully saturated rings. The van der Waals surface area contributed by atoms with Crippen LogP contribution in [-0.4, -0.2) is 18.3 Å².